The normalized spacial score (nSPS) is 11.6. The zero-order valence-corrected chi connectivity index (χ0v) is 20.1. The van der Waals surface area contributed by atoms with Crippen LogP contribution in [0.1, 0.15) is 36.3 Å². The molecule has 0 spiro atoms. The SMILES string of the molecule is CCC(C)N(CC(=O)N(Cc1ccccc1)Cc1sccc1C)C(=O)Nc1ccccc1F. The van der Waals surface area contributed by atoms with Gasteiger partial charge in [-0.05, 0) is 55.0 Å². The Labute approximate surface area is 198 Å². The van der Waals surface area contributed by atoms with E-state index in [0.29, 0.717) is 19.5 Å². The van der Waals surface area contributed by atoms with E-state index in [4.69, 9.17) is 0 Å². The Bertz CT molecular complexity index is 1070. The van der Waals surface area contributed by atoms with Crippen molar-refractivity contribution in [3.05, 3.63) is 87.9 Å². The van der Waals surface area contributed by atoms with Crippen LogP contribution in [0.2, 0.25) is 0 Å². The molecule has 33 heavy (non-hydrogen) atoms. The van der Waals surface area contributed by atoms with Crippen molar-refractivity contribution in [1.29, 1.82) is 0 Å². The second-order valence-corrected chi connectivity index (χ2v) is 9.06. The van der Waals surface area contributed by atoms with Gasteiger partial charge in [0.25, 0.3) is 0 Å². The molecule has 0 saturated heterocycles. The number of halogens is 1. The number of amides is 3. The molecule has 2 aromatic carbocycles. The first kappa shape index (κ1) is 24.5. The first-order chi connectivity index (χ1) is 15.9. The molecule has 1 aromatic heterocycles. The minimum atomic E-state index is -0.514. The van der Waals surface area contributed by atoms with E-state index in [-0.39, 0.29) is 24.2 Å². The molecule has 1 unspecified atom stereocenters. The molecule has 174 valence electrons. The van der Waals surface area contributed by atoms with Gasteiger partial charge >= 0.3 is 6.03 Å². The summed E-state index contributed by atoms with van der Waals surface area (Å²) in [6.45, 7) is 6.70. The molecular weight excluding hydrogens is 437 g/mol. The molecule has 3 amide bonds. The lowest BCUT2D eigenvalue weighted by Gasteiger charge is -2.31. The number of anilines is 1. The molecule has 7 heteroatoms. The van der Waals surface area contributed by atoms with E-state index in [9.17, 15) is 14.0 Å². The molecule has 1 N–H and O–H groups in total. The third-order valence-corrected chi connectivity index (χ3v) is 6.68. The highest BCUT2D eigenvalue weighted by Gasteiger charge is 2.26. The number of urea groups is 1. The standard InChI is InChI=1S/C26H30FN3O2S/c1-4-20(3)30(26(32)28-23-13-9-8-12-22(23)27)18-25(31)29(16-21-10-6-5-7-11-21)17-24-19(2)14-15-33-24/h5-15,20H,4,16-18H2,1-3H3,(H,28,32). The number of rotatable bonds is 9. The molecule has 0 fully saturated rings. The van der Waals surface area contributed by atoms with Crippen molar-refractivity contribution in [3.63, 3.8) is 0 Å². The van der Waals surface area contributed by atoms with Crippen LogP contribution in [-0.2, 0) is 17.9 Å². The Balaban J connectivity index is 1.80. The summed E-state index contributed by atoms with van der Waals surface area (Å²) in [5, 5.41) is 4.63. The number of thiophene rings is 1. The average molecular weight is 468 g/mol. The van der Waals surface area contributed by atoms with Gasteiger partial charge in [0.2, 0.25) is 5.91 Å². The molecule has 1 atom stereocenters. The predicted octanol–water partition coefficient (Wildman–Crippen LogP) is 6.06. The largest absolute Gasteiger partial charge is 0.332 e. The molecule has 5 nitrogen and oxygen atoms in total. The fourth-order valence-corrected chi connectivity index (χ4v) is 4.34. The topological polar surface area (TPSA) is 52.7 Å². The van der Waals surface area contributed by atoms with Crippen molar-refractivity contribution in [2.45, 2.75) is 46.3 Å². The van der Waals surface area contributed by atoms with Crippen molar-refractivity contribution in [2.24, 2.45) is 0 Å². The smallest absolute Gasteiger partial charge is 0.322 e. The van der Waals surface area contributed by atoms with Gasteiger partial charge in [0.05, 0.1) is 12.2 Å². The van der Waals surface area contributed by atoms with Crippen LogP contribution in [0.25, 0.3) is 0 Å². The van der Waals surface area contributed by atoms with Gasteiger partial charge in [0.15, 0.2) is 0 Å². The third kappa shape index (κ3) is 6.65. The number of hydrogen-bond donors (Lipinski definition) is 1. The molecule has 3 aromatic rings. The lowest BCUT2D eigenvalue weighted by atomic mass is 10.2. The van der Waals surface area contributed by atoms with Crippen molar-refractivity contribution in [2.75, 3.05) is 11.9 Å². The quantitative estimate of drug-likeness (QED) is 0.416. The minimum absolute atomic E-state index is 0.0907. The van der Waals surface area contributed by atoms with Gasteiger partial charge in [0.1, 0.15) is 12.4 Å². The van der Waals surface area contributed by atoms with Gasteiger partial charge in [-0.3, -0.25) is 4.79 Å². The number of carbonyl (C=O) groups is 2. The summed E-state index contributed by atoms with van der Waals surface area (Å²) in [6.07, 6.45) is 0.667. The van der Waals surface area contributed by atoms with Crippen LogP contribution in [0, 0.1) is 12.7 Å². The number of hydrogen-bond acceptors (Lipinski definition) is 3. The number of carbonyl (C=O) groups excluding carboxylic acids is 2. The van der Waals surface area contributed by atoms with E-state index < -0.39 is 11.8 Å². The summed E-state index contributed by atoms with van der Waals surface area (Å²) in [5.41, 5.74) is 2.26. The molecule has 0 radical (unpaired) electrons. The van der Waals surface area contributed by atoms with Crippen LogP contribution in [0.15, 0.2) is 66.0 Å². The Morgan fingerprint density at radius 3 is 2.36 bits per heavy atom. The Morgan fingerprint density at radius 2 is 1.73 bits per heavy atom. The number of para-hydroxylation sites is 1. The Kier molecular flexibility index (Phi) is 8.60. The number of aryl methyl sites for hydroxylation is 1. The molecule has 0 aliphatic heterocycles. The third-order valence-electron chi connectivity index (χ3n) is 5.68. The average Bonchev–Trinajstić information content (AvgIpc) is 3.22. The number of nitrogens with zero attached hydrogens (tertiary/aromatic N) is 2. The fraction of sp³-hybridized carbons (Fsp3) is 0.308. The summed E-state index contributed by atoms with van der Waals surface area (Å²) in [5.74, 6) is -0.671. The highest BCUT2D eigenvalue weighted by Crippen LogP contribution is 2.20. The molecule has 0 aliphatic rings. The van der Waals surface area contributed by atoms with E-state index in [1.807, 2.05) is 62.5 Å². The summed E-state index contributed by atoms with van der Waals surface area (Å²) in [7, 11) is 0. The summed E-state index contributed by atoms with van der Waals surface area (Å²) in [4.78, 5) is 30.9. The van der Waals surface area contributed by atoms with Crippen LogP contribution < -0.4 is 5.32 Å². The van der Waals surface area contributed by atoms with E-state index in [2.05, 4.69) is 5.32 Å². The fourth-order valence-electron chi connectivity index (χ4n) is 3.42. The second kappa shape index (κ2) is 11.6. The van der Waals surface area contributed by atoms with Crippen LogP contribution in [0.3, 0.4) is 0 Å². The van der Waals surface area contributed by atoms with Crippen LogP contribution in [-0.4, -0.2) is 34.3 Å². The van der Waals surface area contributed by atoms with Crippen LogP contribution in [0.5, 0.6) is 0 Å². The predicted molar refractivity (Wildman–Crippen MR) is 132 cm³/mol. The summed E-state index contributed by atoms with van der Waals surface area (Å²) in [6, 6.07) is 17.2. The van der Waals surface area contributed by atoms with Crippen molar-refractivity contribution in [3.8, 4) is 0 Å². The van der Waals surface area contributed by atoms with Gasteiger partial charge in [0, 0.05) is 17.5 Å². The summed E-state index contributed by atoms with van der Waals surface area (Å²) < 4.78 is 14.1. The van der Waals surface area contributed by atoms with Gasteiger partial charge in [-0.25, -0.2) is 9.18 Å². The maximum absolute atomic E-state index is 14.1. The van der Waals surface area contributed by atoms with E-state index in [1.54, 1.807) is 28.4 Å². The minimum Gasteiger partial charge on any atom is -0.332 e. The highest BCUT2D eigenvalue weighted by atomic mass is 32.1. The zero-order chi connectivity index (χ0) is 23.8. The van der Waals surface area contributed by atoms with E-state index >= 15 is 0 Å². The molecule has 0 saturated carbocycles. The molecule has 0 bridgehead atoms. The maximum Gasteiger partial charge on any atom is 0.322 e. The second-order valence-electron chi connectivity index (χ2n) is 8.06. The Morgan fingerprint density at radius 1 is 1.03 bits per heavy atom. The van der Waals surface area contributed by atoms with E-state index in [1.165, 1.54) is 17.0 Å². The Hall–Kier alpha value is -3.19. The number of benzene rings is 2. The first-order valence-corrected chi connectivity index (χ1v) is 11.9. The lowest BCUT2D eigenvalue weighted by molar-refractivity contribution is -0.133. The molecule has 1 heterocycles. The monoisotopic (exact) mass is 467 g/mol. The van der Waals surface area contributed by atoms with Gasteiger partial charge in [-0.15, -0.1) is 11.3 Å². The van der Waals surface area contributed by atoms with Crippen molar-refractivity contribution in [1.82, 2.24) is 9.80 Å². The number of nitrogens with one attached hydrogen (secondary N) is 1. The molecule has 3 rings (SSSR count). The zero-order valence-electron chi connectivity index (χ0n) is 19.3. The molecule has 0 aliphatic carbocycles. The van der Waals surface area contributed by atoms with Gasteiger partial charge in [-0.1, -0.05) is 49.4 Å². The lowest BCUT2D eigenvalue weighted by Crippen LogP contribution is -2.48. The van der Waals surface area contributed by atoms with Crippen molar-refractivity contribution >= 4 is 29.0 Å². The first-order valence-electron chi connectivity index (χ1n) is 11.1. The molecular formula is C26H30FN3O2S. The van der Waals surface area contributed by atoms with Crippen LogP contribution >= 0.6 is 11.3 Å². The summed E-state index contributed by atoms with van der Waals surface area (Å²) >= 11 is 1.62. The van der Waals surface area contributed by atoms with E-state index in [0.717, 1.165) is 16.0 Å². The highest BCUT2D eigenvalue weighted by molar-refractivity contribution is 7.10. The van der Waals surface area contributed by atoms with Gasteiger partial charge < -0.3 is 15.1 Å². The van der Waals surface area contributed by atoms with Crippen molar-refractivity contribution < 1.29 is 14.0 Å². The maximum atomic E-state index is 14.1. The van der Waals surface area contributed by atoms with Gasteiger partial charge in [-0.2, -0.15) is 0 Å². The van der Waals surface area contributed by atoms with Crippen LogP contribution in [0.4, 0.5) is 14.9 Å².